The fourth-order valence-electron chi connectivity index (χ4n) is 5.53. The maximum absolute atomic E-state index is 6.43. The minimum Gasteiger partial charge on any atom is -0.457 e. The second-order valence-corrected chi connectivity index (χ2v) is 10.8. The zero-order valence-electron chi connectivity index (χ0n) is 22.5. The van der Waals surface area contributed by atoms with Crippen LogP contribution in [0, 0.1) is 20.8 Å². The highest BCUT2D eigenvalue weighted by Gasteiger charge is 2.42. The summed E-state index contributed by atoms with van der Waals surface area (Å²) < 4.78 is 8.32. The third-order valence-corrected chi connectivity index (χ3v) is 7.94. The predicted molar refractivity (Wildman–Crippen MR) is 166 cm³/mol. The second kappa shape index (κ2) is 10.8. The highest BCUT2D eigenvalue weighted by molar-refractivity contribution is 7.80. The van der Waals surface area contributed by atoms with E-state index in [2.05, 4.69) is 59.8 Å². The Bertz CT molecular complexity index is 1670. The molecule has 1 aliphatic heterocycles. The van der Waals surface area contributed by atoms with Crippen molar-refractivity contribution >= 4 is 34.6 Å². The van der Waals surface area contributed by atoms with E-state index in [1.54, 1.807) is 0 Å². The number of hydrogen-bond acceptors (Lipinski definition) is 3. The number of aryl methyl sites for hydroxylation is 2. The lowest BCUT2D eigenvalue weighted by molar-refractivity contribution is 0.482. The average molecular weight is 565 g/mol. The second-order valence-electron chi connectivity index (χ2n) is 10.00. The number of benzene rings is 3. The van der Waals surface area contributed by atoms with Gasteiger partial charge in [-0.2, -0.15) is 0 Å². The van der Waals surface area contributed by atoms with Crippen molar-refractivity contribution in [3.05, 3.63) is 136 Å². The van der Waals surface area contributed by atoms with Gasteiger partial charge in [0, 0.05) is 34.0 Å². The largest absolute Gasteiger partial charge is 0.457 e. The van der Waals surface area contributed by atoms with Crippen LogP contribution in [-0.2, 0) is 0 Å². The number of thiocarbonyl (C=S) groups is 1. The Labute approximate surface area is 245 Å². The Morgan fingerprint density at radius 2 is 1.57 bits per heavy atom. The summed E-state index contributed by atoms with van der Waals surface area (Å²) in [6.45, 7) is 6.40. The summed E-state index contributed by atoms with van der Waals surface area (Å²) in [7, 11) is 0. The molecule has 5 aromatic rings. The maximum Gasteiger partial charge on any atom is 0.174 e. The number of anilines is 1. The van der Waals surface area contributed by atoms with Crippen molar-refractivity contribution in [2.24, 2.45) is 0 Å². The molecule has 6 rings (SSSR count). The van der Waals surface area contributed by atoms with Crippen molar-refractivity contribution in [2.75, 3.05) is 4.90 Å². The van der Waals surface area contributed by atoms with Crippen LogP contribution in [-0.4, -0.2) is 14.7 Å². The summed E-state index contributed by atoms with van der Waals surface area (Å²) in [6, 6.07) is 31.9. The molecule has 0 spiro atoms. The molecule has 40 heavy (non-hydrogen) atoms. The SMILES string of the molecule is Cc1ccc(Cl)cc1-n1c(C)cc(C2C(c3ccccn3)NC(=S)N2c2ccc(Oc3ccccc3)cc2)c1C. The lowest BCUT2D eigenvalue weighted by Crippen LogP contribution is -2.29. The molecule has 0 radical (unpaired) electrons. The van der Waals surface area contributed by atoms with E-state index in [1.165, 1.54) is 5.56 Å². The minimum absolute atomic E-state index is 0.122. The van der Waals surface area contributed by atoms with Crippen LogP contribution in [0.15, 0.2) is 103 Å². The maximum atomic E-state index is 6.43. The molecular weight excluding hydrogens is 536 g/mol. The fraction of sp³-hybridized carbons (Fsp3) is 0.152. The van der Waals surface area contributed by atoms with Crippen LogP contribution in [0.5, 0.6) is 11.5 Å². The molecule has 3 aromatic carbocycles. The van der Waals surface area contributed by atoms with Gasteiger partial charge in [0.25, 0.3) is 0 Å². The molecule has 200 valence electrons. The molecule has 3 heterocycles. The zero-order valence-corrected chi connectivity index (χ0v) is 24.1. The van der Waals surface area contributed by atoms with Crippen molar-refractivity contribution in [1.29, 1.82) is 0 Å². The van der Waals surface area contributed by atoms with Crippen molar-refractivity contribution in [2.45, 2.75) is 32.9 Å². The molecule has 5 nitrogen and oxygen atoms in total. The molecule has 0 bridgehead atoms. The Hall–Kier alpha value is -4.13. The molecule has 0 aliphatic carbocycles. The average Bonchev–Trinajstić information content (AvgIpc) is 3.46. The molecule has 2 atom stereocenters. The van der Waals surface area contributed by atoms with E-state index in [0.717, 1.165) is 45.5 Å². The number of rotatable bonds is 6. The first-order valence-corrected chi connectivity index (χ1v) is 14.0. The Morgan fingerprint density at radius 3 is 2.30 bits per heavy atom. The van der Waals surface area contributed by atoms with Gasteiger partial charge in [-0.3, -0.25) is 4.98 Å². The number of aromatic nitrogens is 2. The highest BCUT2D eigenvalue weighted by atomic mass is 35.5. The number of pyridine rings is 1. The van der Waals surface area contributed by atoms with E-state index in [9.17, 15) is 0 Å². The van der Waals surface area contributed by atoms with Gasteiger partial charge in [0.05, 0.1) is 17.8 Å². The van der Waals surface area contributed by atoms with E-state index in [4.69, 9.17) is 33.5 Å². The van der Waals surface area contributed by atoms with Gasteiger partial charge in [-0.05, 0) is 111 Å². The molecular formula is C33H29ClN4OS. The minimum atomic E-state index is -0.136. The van der Waals surface area contributed by atoms with E-state index in [1.807, 2.05) is 79.0 Å². The predicted octanol–water partition coefficient (Wildman–Crippen LogP) is 8.42. The van der Waals surface area contributed by atoms with Gasteiger partial charge in [-0.15, -0.1) is 0 Å². The first-order valence-electron chi connectivity index (χ1n) is 13.2. The molecule has 2 aromatic heterocycles. The van der Waals surface area contributed by atoms with Gasteiger partial charge in [-0.1, -0.05) is 41.9 Å². The summed E-state index contributed by atoms with van der Waals surface area (Å²) in [5.41, 5.74) is 7.58. The smallest absolute Gasteiger partial charge is 0.174 e. The molecule has 1 saturated heterocycles. The molecule has 0 amide bonds. The van der Waals surface area contributed by atoms with Gasteiger partial charge in [0.2, 0.25) is 0 Å². The van der Waals surface area contributed by atoms with Crippen molar-refractivity contribution in [3.63, 3.8) is 0 Å². The molecule has 2 unspecified atom stereocenters. The van der Waals surface area contributed by atoms with Crippen LogP contribution in [0.4, 0.5) is 5.69 Å². The number of hydrogen-bond donors (Lipinski definition) is 1. The van der Waals surface area contributed by atoms with Crippen molar-refractivity contribution < 1.29 is 4.74 Å². The van der Waals surface area contributed by atoms with Gasteiger partial charge in [0.1, 0.15) is 11.5 Å². The molecule has 1 aliphatic rings. The van der Waals surface area contributed by atoms with E-state index < -0.39 is 0 Å². The number of ether oxygens (including phenoxy) is 1. The molecule has 0 saturated carbocycles. The monoisotopic (exact) mass is 564 g/mol. The third-order valence-electron chi connectivity index (χ3n) is 7.39. The van der Waals surface area contributed by atoms with Crippen LogP contribution in [0.1, 0.15) is 40.3 Å². The Kier molecular flexibility index (Phi) is 7.05. The standard InChI is InChI=1S/C33H29ClN4OS/c1-21-12-13-24(34)20-30(21)37-22(2)19-28(23(37)3)32-31(29-11-7-8-18-35-29)36-33(40)38(32)25-14-16-27(17-15-25)39-26-9-5-4-6-10-26/h4-20,31-32H,1-3H3,(H,36,40). The topological polar surface area (TPSA) is 42.3 Å². The number of halogens is 1. The van der Waals surface area contributed by atoms with Gasteiger partial charge < -0.3 is 19.5 Å². The number of para-hydroxylation sites is 1. The zero-order chi connectivity index (χ0) is 27.8. The lowest BCUT2D eigenvalue weighted by atomic mass is 9.96. The van der Waals surface area contributed by atoms with Gasteiger partial charge in [0.15, 0.2) is 5.11 Å². The first-order chi connectivity index (χ1) is 19.4. The van der Waals surface area contributed by atoms with Crippen LogP contribution in [0.3, 0.4) is 0 Å². The highest BCUT2D eigenvalue weighted by Crippen LogP contribution is 2.44. The van der Waals surface area contributed by atoms with Crippen molar-refractivity contribution in [3.8, 4) is 17.2 Å². The quantitative estimate of drug-likeness (QED) is 0.210. The normalized spacial score (nSPS) is 16.7. The fourth-order valence-corrected chi connectivity index (χ4v) is 6.04. The van der Waals surface area contributed by atoms with Crippen LogP contribution < -0.4 is 15.0 Å². The summed E-state index contributed by atoms with van der Waals surface area (Å²) in [4.78, 5) is 6.90. The Morgan fingerprint density at radius 1 is 0.850 bits per heavy atom. The van der Waals surface area contributed by atoms with E-state index in [0.29, 0.717) is 10.1 Å². The van der Waals surface area contributed by atoms with E-state index in [-0.39, 0.29) is 12.1 Å². The molecule has 1 fully saturated rings. The summed E-state index contributed by atoms with van der Waals surface area (Å²) >= 11 is 12.4. The van der Waals surface area contributed by atoms with E-state index >= 15 is 0 Å². The number of nitrogens with zero attached hydrogens (tertiary/aromatic N) is 3. The van der Waals surface area contributed by atoms with Crippen LogP contribution in [0.2, 0.25) is 5.02 Å². The summed E-state index contributed by atoms with van der Waals surface area (Å²) in [5.74, 6) is 1.56. The summed E-state index contributed by atoms with van der Waals surface area (Å²) in [5, 5.41) is 4.94. The van der Waals surface area contributed by atoms with Crippen LogP contribution >= 0.6 is 23.8 Å². The Balaban J connectivity index is 1.44. The third kappa shape index (κ3) is 4.85. The molecule has 1 N–H and O–H groups in total. The molecule has 7 heteroatoms. The first kappa shape index (κ1) is 26.1. The van der Waals surface area contributed by atoms with Gasteiger partial charge >= 0.3 is 0 Å². The summed E-state index contributed by atoms with van der Waals surface area (Å²) in [6.07, 6.45) is 1.83. The van der Waals surface area contributed by atoms with Crippen LogP contribution in [0.25, 0.3) is 5.69 Å². The lowest BCUT2D eigenvalue weighted by Gasteiger charge is -2.28. The van der Waals surface area contributed by atoms with Crippen molar-refractivity contribution in [1.82, 2.24) is 14.9 Å². The number of nitrogens with one attached hydrogen (secondary N) is 1. The van der Waals surface area contributed by atoms with Gasteiger partial charge in [-0.25, -0.2) is 0 Å².